The molecule has 1 aromatic rings. The number of ether oxygens (including phenoxy) is 2. The molecule has 0 saturated carbocycles. The van der Waals surface area contributed by atoms with Gasteiger partial charge in [-0.25, -0.2) is 4.99 Å². The summed E-state index contributed by atoms with van der Waals surface area (Å²) >= 11 is 0. The molecule has 1 aromatic carbocycles. The maximum absolute atomic E-state index is 5.64. The Bertz CT molecular complexity index is 395. The number of rotatable bonds is 4. The molecule has 0 fully saturated rings. The van der Waals surface area contributed by atoms with Crippen molar-refractivity contribution >= 4 is 5.90 Å². The van der Waals surface area contributed by atoms with E-state index < -0.39 is 0 Å². The van der Waals surface area contributed by atoms with Gasteiger partial charge in [-0.2, -0.15) is 0 Å². The Labute approximate surface area is 102 Å². The lowest BCUT2D eigenvalue weighted by molar-refractivity contribution is 0.301. The van der Waals surface area contributed by atoms with Crippen LogP contribution in [-0.4, -0.2) is 25.7 Å². The summed E-state index contributed by atoms with van der Waals surface area (Å²) in [6.07, 6.45) is 1.08. The molecule has 1 aliphatic rings. The molecule has 0 saturated heterocycles. The molecular formula is C14H19NO2. The van der Waals surface area contributed by atoms with Crippen LogP contribution in [-0.2, 0) is 4.74 Å². The van der Waals surface area contributed by atoms with Gasteiger partial charge in [0.2, 0.25) is 5.90 Å². The Balaban J connectivity index is 2.07. The molecule has 0 unspecified atom stereocenters. The van der Waals surface area contributed by atoms with Crippen LogP contribution in [0.5, 0.6) is 5.75 Å². The van der Waals surface area contributed by atoms with Gasteiger partial charge in [0.05, 0.1) is 13.2 Å². The zero-order valence-corrected chi connectivity index (χ0v) is 10.6. The number of hydrogen-bond donors (Lipinski definition) is 0. The van der Waals surface area contributed by atoms with E-state index in [-0.39, 0.29) is 0 Å². The van der Waals surface area contributed by atoms with Crippen LogP contribution in [0, 0.1) is 5.92 Å². The summed E-state index contributed by atoms with van der Waals surface area (Å²) in [6.45, 7) is 5.13. The van der Waals surface area contributed by atoms with Crippen LogP contribution in [0.1, 0.15) is 25.8 Å². The summed E-state index contributed by atoms with van der Waals surface area (Å²) in [5, 5.41) is 0. The van der Waals surface area contributed by atoms with Crippen molar-refractivity contribution in [1.29, 1.82) is 0 Å². The predicted octanol–water partition coefficient (Wildman–Crippen LogP) is 2.89. The van der Waals surface area contributed by atoms with Crippen molar-refractivity contribution in [3.8, 4) is 5.75 Å². The number of aliphatic imine (C=N–C) groups is 1. The standard InChI is InChI=1S/C14H19NO2/c1-10(2)8-12-9-17-14(15-12)11-4-6-13(16-3)7-5-11/h4-7,10,12H,8-9H2,1-3H3/t12-/m1/s1. The number of hydrogen-bond acceptors (Lipinski definition) is 3. The number of nitrogens with zero attached hydrogens (tertiary/aromatic N) is 1. The first kappa shape index (κ1) is 12.0. The highest BCUT2D eigenvalue weighted by molar-refractivity contribution is 5.95. The Kier molecular flexibility index (Phi) is 3.67. The van der Waals surface area contributed by atoms with E-state index in [0.717, 1.165) is 23.6 Å². The highest BCUT2D eigenvalue weighted by atomic mass is 16.5. The molecule has 1 aliphatic heterocycles. The van der Waals surface area contributed by atoms with E-state index in [4.69, 9.17) is 9.47 Å². The fourth-order valence-corrected chi connectivity index (χ4v) is 1.97. The van der Waals surface area contributed by atoms with Gasteiger partial charge in [-0.05, 0) is 36.6 Å². The zero-order valence-electron chi connectivity index (χ0n) is 10.6. The third-order valence-electron chi connectivity index (χ3n) is 2.79. The van der Waals surface area contributed by atoms with E-state index in [2.05, 4.69) is 18.8 Å². The monoisotopic (exact) mass is 233 g/mol. The normalized spacial score (nSPS) is 19.1. The third kappa shape index (κ3) is 2.99. The molecule has 2 rings (SSSR count). The summed E-state index contributed by atoms with van der Waals surface area (Å²) in [4.78, 5) is 4.61. The SMILES string of the molecule is COc1ccc(C2=N[C@H](CC(C)C)CO2)cc1. The molecule has 1 heterocycles. The van der Waals surface area contributed by atoms with Gasteiger partial charge in [0.25, 0.3) is 0 Å². The van der Waals surface area contributed by atoms with Crippen molar-refractivity contribution in [3.63, 3.8) is 0 Å². The minimum atomic E-state index is 0.312. The van der Waals surface area contributed by atoms with Crippen molar-refractivity contribution in [2.45, 2.75) is 26.3 Å². The Morgan fingerprint density at radius 1 is 1.35 bits per heavy atom. The topological polar surface area (TPSA) is 30.8 Å². The maximum atomic E-state index is 5.64. The molecular weight excluding hydrogens is 214 g/mol. The summed E-state index contributed by atoms with van der Waals surface area (Å²) in [6, 6.07) is 8.13. The Morgan fingerprint density at radius 2 is 2.06 bits per heavy atom. The van der Waals surface area contributed by atoms with Gasteiger partial charge in [0.1, 0.15) is 12.4 Å². The molecule has 17 heavy (non-hydrogen) atoms. The fourth-order valence-electron chi connectivity index (χ4n) is 1.97. The molecule has 0 aromatic heterocycles. The summed E-state index contributed by atoms with van der Waals surface area (Å²) in [5.74, 6) is 2.27. The van der Waals surface area contributed by atoms with Crippen molar-refractivity contribution < 1.29 is 9.47 Å². The van der Waals surface area contributed by atoms with E-state index in [1.54, 1.807) is 7.11 Å². The first-order valence-electron chi connectivity index (χ1n) is 6.04. The van der Waals surface area contributed by atoms with Gasteiger partial charge in [0, 0.05) is 5.56 Å². The molecule has 0 amide bonds. The summed E-state index contributed by atoms with van der Waals surface area (Å²) < 4.78 is 10.8. The smallest absolute Gasteiger partial charge is 0.216 e. The average Bonchev–Trinajstić information content (AvgIpc) is 2.77. The van der Waals surface area contributed by atoms with Crippen LogP contribution in [0.3, 0.4) is 0 Å². The van der Waals surface area contributed by atoms with Gasteiger partial charge in [0.15, 0.2) is 0 Å². The van der Waals surface area contributed by atoms with Crippen LogP contribution in [0.4, 0.5) is 0 Å². The van der Waals surface area contributed by atoms with E-state index in [9.17, 15) is 0 Å². The molecule has 0 bridgehead atoms. The summed E-state index contributed by atoms with van der Waals surface area (Å²) in [5.41, 5.74) is 1.03. The molecule has 92 valence electrons. The Hall–Kier alpha value is -1.51. The molecule has 1 atom stereocenters. The molecule has 0 spiro atoms. The van der Waals surface area contributed by atoms with Gasteiger partial charge in [-0.1, -0.05) is 13.8 Å². The molecule has 0 aliphatic carbocycles. The second-order valence-corrected chi connectivity index (χ2v) is 4.76. The lowest BCUT2D eigenvalue weighted by Gasteiger charge is -2.06. The molecule has 0 radical (unpaired) electrons. The van der Waals surface area contributed by atoms with Gasteiger partial charge in [-0.15, -0.1) is 0 Å². The first-order valence-corrected chi connectivity index (χ1v) is 6.04. The van der Waals surface area contributed by atoms with Crippen LogP contribution in [0.2, 0.25) is 0 Å². The van der Waals surface area contributed by atoms with E-state index >= 15 is 0 Å². The minimum Gasteiger partial charge on any atom is -0.497 e. The molecule has 3 heteroatoms. The minimum absolute atomic E-state index is 0.312. The van der Waals surface area contributed by atoms with E-state index in [0.29, 0.717) is 18.6 Å². The van der Waals surface area contributed by atoms with Crippen molar-refractivity contribution in [2.24, 2.45) is 10.9 Å². The third-order valence-corrected chi connectivity index (χ3v) is 2.79. The number of benzene rings is 1. The lowest BCUT2D eigenvalue weighted by Crippen LogP contribution is -2.09. The largest absolute Gasteiger partial charge is 0.497 e. The first-order chi connectivity index (χ1) is 8.19. The van der Waals surface area contributed by atoms with Crippen LogP contribution >= 0.6 is 0 Å². The van der Waals surface area contributed by atoms with Crippen LogP contribution < -0.4 is 4.74 Å². The van der Waals surface area contributed by atoms with Crippen LogP contribution in [0.25, 0.3) is 0 Å². The van der Waals surface area contributed by atoms with Gasteiger partial charge in [-0.3, -0.25) is 0 Å². The van der Waals surface area contributed by atoms with Crippen LogP contribution in [0.15, 0.2) is 29.3 Å². The highest BCUT2D eigenvalue weighted by Crippen LogP contribution is 2.19. The van der Waals surface area contributed by atoms with Crippen molar-refractivity contribution in [2.75, 3.05) is 13.7 Å². The van der Waals surface area contributed by atoms with E-state index in [1.165, 1.54) is 0 Å². The van der Waals surface area contributed by atoms with Gasteiger partial charge < -0.3 is 9.47 Å². The highest BCUT2D eigenvalue weighted by Gasteiger charge is 2.20. The summed E-state index contributed by atoms with van der Waals surface area (Å²) in [7, 11) is 1.66. The Morgan fingerprint density at radius 3 is 2.65 bits per heavy atom. The quantitative estimate of drug-likeness (QED) is 0.800. The van der Waals surface area contributed by atoms with E-state index in [1.807, 2.05) is 24.3 Å². The maximum Gasteiger partial charge on any atom is 0.216 e. The molecule has 3 nitrogen and oxygen atoms in total. The average molecular weight is 233 g/mol. The lowest BCUT2D eigenvalue weighted by atomic mass is 10.1. The second kappa shape index (κ2) is 5.21. The van der Waals surface area contributed by atoms with Crippen molar-refractivity contribution in [1.82, 2.24) is 0 Å². The van der Waals surface area contributed by atoms with Gasteiger partial charge >= 0.3 is 0 Å². The number of methoxy groups -OCH3 is 1. The zero-order chi connectivity index (χ0) is 12.3. The second-order valence-electron chi connectivity index (χ2n) is 4.76. The molecule has 0 N–H and O–H groups in total. The fraction of sp³-hybridized carbons (Fsp3) is 0.500. The predicted molar refractivity (Wildman–Crippen MR) is 68.7 cm³/mol. The van der Waals surface area contributed by atoms with Crippen molar-refractivity contribution in [3.05, 3.63) is 29.8 Å².